The van der Waals surface area contributed by atoms with Crippen LogP contribution in [0.5, 0.6) is 0 Å². The van der Waals surface area contributed by atoms with Crippen molar-refractivity contribution in [2.75, 3.05) is 13.1 Å². The van der Waals surface area contributed by atoms with Crippen molar-refractivity contribution >= 4 is 5.91 Å². The second kappa shape index (κ2) is 5.72. The molecule has 1 N–H and O–H groups in total. The molecule has 0 bridgehead atoms. The molecule has 1 fully saturated rings. The lowest BCUT2D eigenvalue weighted by molar-refractivity contribution is -0.131. The van der Waals surface area contributed by atoms with Gasteiger partial charge in [-0.15, -0.1) is 0 Å². The molecule has 1 aromatic heterocycles. The zero-order chi connectivity index (χ0) is 12.1. The maximum atomic E-state index is 12.0. The number of nitrogens with zero attached hydrogens (tertiary/aromatic N) is 3. The highest BCUT2D eigenvalue weighted by atomic mass is 16.2. The van der Waals surface area contributed by atoms with Crippen molar-refractivity contribution in [1.29, 1.82) is 0 Å². The fourth-order valence-electron chi connectivity index (χ4n) is 1.98. The maximum absolute atomic E-state index is 12.0. The Balaban J connectivity index is 1.80. The van der Waals surface area contributed by atoms with Gasteiger partial charge in [0.05, 0.1) is 11.7 Å². The monoisotopic (exact) mass is 234 g/mol. The number of aromatic nitrogens is 2. The van der Waals surface area contributed by atoms with Crippen molar-refractivity contribution in [3.8, 4) is 0 Å². The second-order valence-electron chi connectivity index (χ2n) is 4.33. The molecule has 2 rings (SSSR count). The van der Waals surface area contributed by atoms with Crippen LogP contribution in [-0.2, 0) is 11.3 Å². The number of hydrogen-bond acceptors (Lipinski definition) is 4. The molecular weight excluding hydrogens is 216 g/mol. The molecule has 1 aliphatic heterocycles. The number of likely N-dealkylation sites (tertiary alicyclic amines) is 1. The van der Waals surface area contributed by atoms with Crippen molar-refractivity contribution in [2.24, 2.45) is 0 Å². The lowest BCUT2D eigenvalue weighted by Gasteiger charge is -2.20. The van der Waals surface area contributed by atoms with Gasteiger partial charge < -0.3 is 10.2 Å². The summed E-state index contributed by atoms with van der Waals surface area (Å²) < 4.78 is 0. The number of rotatable bonds is 4. The summed E-state index contributed by atoms with van der Waals surface area (Å²) >= 11 is 0. The Morgan fingerprint density at radius 2 is 2.24 bits per heavy atom. The topological polar surface area (TPSA) is 58.1 Å². The first kappa shape index (κ1) is 12.0. The van der Waals surface area contributed by atoms with Crippen molar-refractivity contribution in [1.82, 2.24) is 20.2 Å². The number of amides is 1. The highest BCUT2D eigenvalue weighted by Gasteiger charge is 2.22. The van der Waals surface area contributed by atoms with E-state index in [0.717, 1.165) is 31.6 Å². The van der Waals surface area contributed by atoms with E-state index >= 15 is 0 Å². The molecule has 0 aromatic carbocycles. The summed E-state index contributed by atoms with van der Waals surface area (Å²) in [7, 11) is 0. The number of carbonyl (C=O) groups is 1. The highest BCUT2D eigenvalue weighted by Crippen LogP contribution is 2.09. The Morgan fingerprint density at radius 1 is 1.47 bits per heavy atom. The van der Waals surface area contributed by atoms with Gasteiger partial charge in [0.1, 0.15) is 0 Å². The van der Waals surface area contributed by atoms with Crippen LogP contribution in [0, 0.1) is 0 Å². The van der Waals surface area contributed by atoms with Gasteiger partial charge in [-0.05, 0) is 19.8 Å². The Morgan fingerprint density at radius 3 is 2.88 bits per heavy atom. The van der Waals surface area contributed by atoms with Gasteiger partial charge in [-0.3, -0.25) is 14.8 Å². The molecule has 1 aromatic rings. The molecule has 1 amide bonds. The third-order valence-electron chi connectivity index (χ3n) is 2.99. The van der Waals surface area contributed by atoms with Crippen molar-refractivity contribution in [3.05, 3.63) is 24.3 Å². The summed E-state index contributed by atoms with van der Waals surface area (Å²) in [4.78, 5) is 22.1. The number of carbonyl (C=O) groups excluding carboxylic acids is 1. The third-order valence-corrected chi connectivity index (χ3v) is 2.99. The average molecular weight is 234 g/mol. The van der Waals surface area contributed by atoms with Crippen LogP contribution in [0.15, 0.2) is 18.6 Å². The first-order valence-corrected chi connectivity index (χ1v) is 6.04. The molecule has 0 spiro atoms. The molecule has 1 saturated heterocycles. The van der Waals surface area contributed by atoms with Gasteiger partial charge in [-0.25, -0.2) is 0 Å². The lowest BCUT2D eigenvalue weighted by Crippen LogP contribution is -2.43. The van der Waals surface area contributed by atoms with Gasteiger partial charge in [-0.2, -0.15) is 0 Å². The first-order valence-electron chi connectivity index (χ1n) is 6.04. The summed E-state index contributed by atoms with van der Waals surface area (Å²) in [6, 6.07) is -0.157. The van der Waals surface area contributed by atoms with Gasteiger partial charge in [0.25, 0.3) is 0 Å². The molecule has 1 aliphatic rings. The zero-order valence-corrected chi connectivity index (χ0v) is 10.1. The molecule has 5 nitrogen and oxygen atoms in total. The van der Waals surface area contributed by atoms with E-state index in [9.17, 15) is 4.79 Å². The molecule has 0 aliphatic carbocycles. The van der Waals surface area contributed by atoms with Crippen LogP contribution in [0.1, 0.15) is 25.5 Å². The fraction of sp³-hybridized carbons (Fsp3) is 0.583. The van der Waals surface area contributed by atoms with Crippen LogP contribution in [0.25, 0.3) is 0 Å². The van der Waals surface area contributed by atoms with Gasteiger partial charge in [0.15, 0.2) is 0 Å². The largest absolute Gasteiger partial charge is 0.341 e. The fourth-order valence-corrected chi connectivity index (χ4v) is 1.98. The molecule has 2 heterocycles. The molecule has 1 atom stereocenters. The predicted octanol–water partition coefficient (Wildman–Crippen LogP) is 0.577. The predicted molar refractivity (Wildman–Crippen MR) is 64.1 cm³/mol. The minimum absolute atomic E-state index is 0.157. The molecule has 17 heavy (non-hydrogen) atoms. The van der Waals surface area contributed by atoms with Gasteiger partial charge in [-0.1, -0.05) is 0 Å². The quantitative estimate of drug-likeness (QED) is 0.828. The van der Waals surface area contributed by atoms with E-state index in [1.165, 1.54) is 0 Å². The summed E-state index contributed by atoms with van der Waals surface area (Å²) in [5.41, 5.74) is 0.855. The molecule has 5 heteroatoms. The molecule has 0 saturated carbocycles. The second-order valence-corrected chi connectivity index (χ2v) is 4.33. The van der Waals surface area contributed by atoms with Crippen molar-refractivity contribution < 1.29 is 4.79 Å². The standard InChI is InChI=1S/C12H18N4O/c1-10(12(17)16-6-2-3-7-16)15-9-11-8-13-4-5-14-11/h4-5,8,10,15H,2-3,6-7,9H2,1H3. The summed E-state index contributed by atoms with van der Waals surface area (Å²) in [5.74, 6) is 0.186. The lowest BCUT2D eigenvalue weighted by atomic mass is 10.3. The summed E-state index contributed by atoms with van der Waals surface area (Å²) in [6.45, 7) is 4.28. The Hall–Kier alpha value is -1.49. The summed E-state index contributed by atoms with van der Waals surface area (Å²) in [5, 5.41) is 3.18. The molecule has 1 unspecified atom stereocenters. The normalized spacial score (nSPS) is 17.1. The van der Waals surface area contributed by atoms with Crippen LogP contribution in [0.2, 0.25) is 0 Å². The molecule has 0 radical (unpaired) electrons. The first-order chi connectivity index (χ1) is 8.27. The number of nitrogens with one attached hydrogen (secondary N) is 1. The molecular formula is C12H18N4O. The van der Waals surface area contributed by atoms with Crippen molar-refractivity contribution in [3.63, 3.8) is 0 Å². The zero-order valence-electron chi connectivity index (χ0n) is 10.1. The van der Waals surface area contributed by atoms with E-state index in [0.29, 0.717) is 6.54 Å². The van der Waals surface area contributed by atoms with Crippen LogP contribution in [0.4, 0.5) is 0 Å². The van der Waals surface area contributed by atoms with E-state index in [1.54, 1.807) is 18.6 Å². The van der Waals surface area contributed by atoms with Crippen LogP contribution >= 0.6 is 0 Å². The van der Waals surface area contributed by atoms with Crippen LogP contribution < -0.4 is 5.32 Å². The van der Waals surface area contributed by atoms with Crippen LogP contribution in [0.3, 0.4) is 0 Å². The smallest absolute Gasteiger partial charge is 0.239 e. The van der Waals surface area contributed by atoms with Crippen molar-refractivity contribution in [2.45, 2.75) is 32.4 Å². The molecule has 92 valence electrons. The van der Waals surface area contributed by atoms with E-state index in [4.69, 9.17) is 0 Å². The number of hydrogen-bond donors (Lipinski definition) is 1. The Kier molecular flexibility index (Phi) is 4.03. The highest BCUT2D eigenvalue weighted by molar-refractivity contribution is 5.81. The van der Waals surface area contributed by atoms with Crippen LogP contribution in [-0.4, -0.2) is 39.9 Å². The van der Waals surface area contributed by atoms with E-state index in [1.807, 2.05) is 11.8 Å². The van der Waals surface area contributed by atoms with E-state index < -0.39 is 0 Å². The Labute approximate surface area is 101 Å². The van der Waals surface area contributed by atoms with E-state index in [2.05, 4.69) is 15.3 Å². The van der Waals surface area contributed by atoms with E-state index in [-0.39, 0.29) is 11.9 Å². The Bertz CT molecular complexity index is 362. The average Bonchev–Trinajstić information content (AvgIpc) is 2.90. The van der Waals surface area contributed by atoms with Gasteiger partial charge >= 0.3 is 0 Å². The minimum Gasteiger partial charge on any atom is -0.341 e. The van der Waals surface area contributed by atoms with Gasteiger partial charge in [0.2, 0.25) is 5.91 Å². The SMILES string of the molecule is CC(NCc1cnccn1)C(=O)N1CCCC1. The van der Waals surface area contributed by atoms with Gasteiger partial charge in [0, 0.05) is 38.2 Å². The third kappa shape index (κ3) is 3.23. The summed E-state index contributed by atoms with van der Waals surface area (Å²) in [6.07, 6.45) is 7.26. The maximum Gasteiger partial charge on any atom is 0.239 e. The minimum atomic E-state index is -0.157.